The number of rotatable bonds is 3. The second kappa shape index (κ2) is 5.28. The lowest BCUT2D eigenvalue weighted by Crippen LogP contribution is -2.21. The zero-order valence-corrected chi connectivity index (χ0v) is 10.9. The number of aromatic nitrogens is 2. The summed E-state index contributed by atoms with van der Waals surface area (Å²) in [6, 6.07) is 5.29. The van der Waals surface area contributed by atoms with Gasteiger partial charge in [0.25, 0.3) is 0 Å². The van der Waals surface area contributed by atoms with Crippen LogP contribution in [0.3, 0.4) is 0 Å². The molecule has 1 aromatic carbocycles. The molecular weight excluding hydrogens is 254 g/mol. The van der Waals surface area contributed by atoms with Crippen molar-refractivity contribution < 1.29 is 9.90 Å². The van der Waals surface area contributed by atoms with Gasteiger partial charge >= 0.3 is 5.97 Å². The lowest BCUT2D eigenvalue weighted by atomic mass is 10.0. The topological polar surface area (TPSA) is 75.1 Å². The van der Waals surface area contributed by atoms with E-state index in [2.05, 4.69) is 27.4 Å². The van der Waals surface area contributed by atoms with Crippen LogP contribution in [0.5, 0.6) is 0 Å². The Balaban J connectivity index is 1.94. The van der Waals surface area contributed by atoms with Gasteiger partial charge in [-0.1, -0.05) is 12.2 Å². The monoisotopic (exact) mass is 269 g/mol. The van der Waals surface area contributed by atoms with Gasteiger partial charge < -0.3 is 10.4 Å². The maximum Gasteiger partial charge on any atom is 0.335 e. The molecule has 1 aliphatic rings. The standard InChI is InChI=1S/C15H15N3O2/c19-15(20)10-6-7-12-13(8-10)16-9-17-14(12)18-11-4-2-1-3-5-11/h1-2,6-9,11H,3-5H2,(H,19,20)(H,16,17,18). The van der Waals surface area contributed by atoms with Gasteiger partial charge in [0, 0.05) is 11.4 Å². The molecule has 5 nitrogen and oxygen atoms in total. The predicted molar refractivity (Wildman–Crippen MR) is 76.9 cm³/mol. The van der Waals surface area contributed by atoms with E-state index >= 15 is 0 Å². The molecule has 1 aromatic heterocycles. The summed E-state index contributed by atoms with van der Waals surface area (Å²) in [6.07, 6.45) is 8.97. The van der Waals surface area contributed by atoms with Gasteiger partial charge in [0.1, 0.15) is 12.1 Å². The summed E-state index contributed by atoms with van der Waals surface area (Å²) in [5.41, 5.74) is 0.886. The molecule has 0 spiro atoms. The molecule has 0 amide bonds. The van der Waals surface area contributed by atoms with Crippen LogP contribution in [0.25, 0.3) is 10.9 Å². The van der Waals surface area contributed by atoms with Crippen LogP contribution in [0.2, 0.25) is 0 Å². The van der Waals surface area contributed by atoms with Crippen molar-refractivity contribution in [3.8, 4) is 0 Å². The fraction of sp³-hybridized carbons (Fsp3) is 0.267. The SMILES string of the molecule is O=C(O)c1ccc2c(NC3CC=CCC3)ncnc2c1. The van der Waals surface area contributed by atoms with Crippen molar-refractivity contribution in [1.82, 2.24) is 9.97 Å². The van der Waals surface area contributed by atoms with Gasteiger partial charge in [-0.05, 0) is 37.5 Å². The van der Waals surface area contributed by atoms with E-state index in [1.807, 2.05) is 0 Å². The summed E-state index contributed by atoms with van der Waals surface area (Å²) in [4.78, 5) is 19.4. The minimum absolute atomic E-state index is 0.239. The summed E-state index contributed by atoms with van der Waals surface area (Å²) in [5.74, 6) is -0.176. The Hall–Kier alpha value is -2.43. The van der Waals surface area contributed by atoms with Crippen molar-refractivity contribution in [3.05, 3.63) is 42.2 Å². The minimum Gasteiger partial charge on any atom is -0.478 e. The van der Waals surface area contributed by atoms with E-state index in [-0.39, 0.29) is 5.56 Å². The van der Waals surface area contributed by atoms with Crippen LogP contribution in [0.4, 0.5) is 5.82 Å². The van der Waals surface area contributed by atoms with Crippen molar-refractivity contribution in [1.29, 1.82) is 0 Å². The van der Waals surface area contributed by atoms with Crippen LogP contribution in [0.15, 0.2) is 36.7 Å². The molecule has 0 saturated carbocycles. The third kappa shape index (κ3) is 2.47. The highest BCUT2D eigenvalue weighted by molar-refractivity contribution is 5.96. The number of carboxylic acid groups (broad SMARTS) is 1. The van der Waals surface area contributed by atoms with E-state index < -0.39 is 5.97 Å². The molecule has 2 aromatic rings. The van der Waals surface area contributed by atoms with E-state index in [0.717, 1.165) is 30.5 Å². The van der Waals surface area contributed by atoms with Crippen LogP contribution in [0.1, 0.15) is 29.6 Å². The highest BCUT2D eigenvalue weighted by Gasteiger charge is 2.13. The molecule has 0 saturated heterocycles. The first-order chi connectivity index (χ1) is 9.74. The summed E-state index contributed by atoms with van der Waals surface area (Å²) in [6.45, 7) is 0. The number of nitrogens with one attached hydrogen (secondary N) is 1. The molecule has 20 heavy (non-hydrogen) atoms. The molecule has 0 bridgehead atoms. The number of benzene rings is 1. The summed E-state index contributed by atoms with van der Waals surface area (Å²) < 4.78 is 0. The number of carbonyl (C=O) groups is 1. The smallest absolute Gasteiger partial charge is 0.335 e. The van der Waals surface area contributed by atoms with Gasteiger partial charge in [0.15, 0.2) is 0 Å². The van der Waals surface area contributed by atoms with Crippen LogP contribution in [0, 0.1) is 0 Å². The highest BCUT2D eigenvalue weighted by Crippen LogP contribution is 2.23. The summed E-state index contributed by atoms with van der Waals surface area (Å²) in [7, 11) is 0. The first kappa shape index (κ1) is 12.6. The van der Waals surface area contributed by atoms with Gasteiger partial charge in [-0.2, -0.15) is 0 Å². The molecule has 5 heteroatoms. The maximum absolute atomic E-state index is 11.0. The number of fused-ring (bicyclic) bond motifs is 1. The Kier molecular flexibility index (Phi) is 3.33. The number of nitrogens with zero attached hydrogens (tertiary/aromatic N) is 2. The number of hydrogen-bond donors (Lipinski definition) is 2. The van der Waals surface area contributed by atoms with Gasteiger partial charge in [-0.25, -0.2) is 14.8 Å². The highest BCUT2D eigenvalue weighted by atomic mass is 16.4. The molecule has 102 valence electrons. The van der Waals surface area contributed by atoms with E-state index in [9.17, 15) is 4.79 Å². The summed E-state index contributed by atoms with van der Waals surface area (Å²) >= 11 is 0. The van der Waals surface area contributed by atoms with Gasteiger partial charge in [0.2, 0.25) is 0 Å². The summed E-state index contributed by atoms with van der Waals surface area (Å²) in [5, 5.41) is 13.3. The quantitative estimate of drug-likeness (QED) is 0.838. The first-order valence-electron chi connectivity index (χ1n) is 6.63. The van der Waals surface area contributed by atoms with E-state index in [4.69, 9.17) is 5.11 Å². The van der Waals surface area contributed by atoms with E-state index in [1.54, 1.807) is 18.2 Å². The van der Waals surface area contributed by atoms with Crippen molar-refractivity contribution >= 4 is 22.7 Å². The minimum atomic E-state index is -0.947. The molecule has 1 heterocycles. The number of anilines is 1. The Bertz CT molecular complexity index is 682. The van der Waals surface area contributed by atoms with Crippen molar-refractivity contribution in [2.24, 2.45) is 0 Å². The number of hydrogen-bond acceptors (Lipinski definition) is 4. The lowest BCUT2D eigenvalue weighted by Gasteiger charge is -2.20. The molecule has 0 aliphatic heterocycles. The van der Waals surface area contributed by atoms with E-state index in [1.165, 1.54) is 6.33 Å². The third-order valence-corrected chi connectivity index (χ3v) is 3.49. The van der Waals surface area contributed by atoms with Crippen LogP contribution in [-0.4, -0.2) is 27.1 Å². The molecule has 0 fully saturated rings. The first-order valence-corrected chi connectivity index (χ1v) is 6.63. The van der Waals surface area contributed by atoms with Gasteiger partial charge in [-0.3, -0.25) is 0 Å². The van der Waals surface area contributed by atoms with Crippen molar-refractivity contribution in [3.63, 3.8) is 0 Å². The van der Waals surface area contributed by atoms with Crippen LogP contribution >= 0.6 is 0 Å². The molecule has 0 radical (unpaired) electrons. The predicted octanol–water partition coefficient (Wildman–Crippen LogP) is 2.85. The van der Waals surface area contributed by atoms with Crippen LogP contribution in [-0.2, 0) is 0 Å². The number of allylic oxidation sites excluding steroid dienone is 1. The average Bonchev–Trinajstić information content (AvgIpc) is 2.48. The zero-order chi connectivity index (χ0) is 13.9. The Labute approximate surface area is 116 Å². The largest absolute Gasteiger partial charge is 0.478 e. The molecule has 1 unspecified atom stereocenters. The maximum atomic E-state index is 11.0. The average molecular weight is 269 g/mol. The van der Waals surface area contributed by atoms with Gasteiger partial charge in [0.05, 0.1) is 11.1 Å². The second-order valence-electron chi connectivity index (χ2n) is 4.89. The molecule has 3 rings (SSSR count). The fourth-order valence-electron chi connectivity index (χ4n) is 2.42. The van der Waals surface area contributed by atoms with Crippen molar-refractivity contribution in [2.45, 2.75) is 25.3 Å². The normalized spacial score (nSPS) is 18.1. The van der Waals surface area contributed by atoms with Gasteiger partial charge in [-0.15, -0.1) is 0 Å². The molecule has 2 N–H and O–H groups in total. The Morgan fingerprint density at radius 3 is 2.95 bits per heavy atom. The molecule has 1 aliphatic carbocycles. The third-order valence-electron chi connectivity index (χ3n) is 3.49. The van der Waals surface area contributed by atoms with E-state index in [0.29, 0.717) is 11.6 Å². The number of carboxylic acids is 1. The van der Waals surface area contributed by atoms with Crippen molar-refractivity contribution in [2.75, 3.05) is 5.32 Å². The molecular formula is C15H15N3O2. The number of aromatic carboxylic acids is 1. The fourth-order valence-corrected chi connectivity index (χ4v) is 2.42. The lowest BCUT2D eigenvalue weighted by molar-refractivity contribution is 0.0697. The Morgan fingerprint density at radius 2 is 2.20 bits per heavy atom. The Morgan fingerprint density at radius 1 is 1.30 bits per heavy atom. The van der Waals surface area contributed by atoms with Crippen LogP contribution < -0.4 is 5.32 Å². The second-order valence-corrected chi connectivity index (χ2v) is 4.89. The molecule has 1 atom stereocenters. The zero-order valence-electron chi connectivity index (χ0n) is 10.9.